The number of hydrogen-bond acceptors (Lipinski definition) is 6. The monoisotopic (exact) mass is 482 g/mol. The molecule has 0 spiro atoms. The number of nitrogens with zero attached hydrogens (tertiary/aromatic N) is 6. The Hall–Kier alpha value is -3.89. The summed E-state index contributed by atoms with van der Waals surface area (Å²) in [7, 11) is 0. The van der Waals surface area contributed by atoms with Gasteiger partial charge in [-0.2, -0.15) is 10.1 Å². The van der Waals surface area contributed by atoms with E-state index in [-0.39, 0.29) is 35.6 Å². The van der Waals surface area contributed by atoms with Crippen molar-refractivity contribution in [1.82, 2.24) is 34.7 Å². The molecule has 0 saturated heterocycles. The molecular weight excluding hydrogens is 454 g/mol. The first-order valence-electron chi connectivity index (χ1n) is 11.4. The number of hydrogen-bond donors (Lipinski definition) is 2. The van der Waals surface area contributed by atoms with Gasteiger partial charge < -0.3 is 11.1 Å². The molecule has 9 nitrogen and oxygen atoms in total. The van der Waals surface area contributed by atoms with E-state index in [2.05, 4.69) is 25.5 Å². The highest BCUT2D eigenvalue weighted by Gasteiger charge is 2.22. The van der Waals surface area contributed by atoms with Crippen molar-refractivity contribution in [3.8, 4) is 11.1 Å². The maximum Gasteiger partial charge on any atom is 0.280 e. The Bertz CT molecular complexity index is 1330. The lowest BCUT2D eigenvalue weighted by Gasteiger charge is -2.22. The van der Waals surface area contributed by atoms with Crippen LogP contribution in [0.5, 0.6) is 0 Å². The first kappa shape index (κ1) is 24.2. The molecule has 35 heavy (non-hydrogen) atoms. The molecule has 11 heteroatoms. The van der Waals surface area contributed by atoms with Gasteiger partial charge in [-0.05, 0) is 48.6 Å². The molecule has 3 N–H and O–H groups in total. The zero-order valence-electron chi connectivity index (χ0n) is 20.0. The number of anilines is 1. The Labute approximate surface area is 201 Å². The summed E-state index contributed by atoms with van der Waals surface area (Å²) in [5.41, 5.74) is 8.54. The molecule has 2 atom stereocenters. The van der Waals surface area contributed by atoms with Crippen molar-refractivity contribution in [3.63, 3.8) is 0 Å². The Kier molecular flexibility index (Phi) is 6.77. The fourth-order valence-electron chi connectivity index (χ4n) is 3.93. The van der Waals surface area contributed by atoms with E-state index in [1.54, 1.807) is 29.1 Å². The third kappa shape index (κ3) is 4.98. The summed E-state index contributed by atoms with van der Waals surface area (Å²) in [5, 5.41) is 11.7. The highest BCUT2D eigenvalue weighted by Crippen LogP contribution is 2.30. The number of amides is 1. The molecule has 0 aromatic carbocycles. The van der Waals surface area contributed by atoms with Crippen LogP contribution in [0, 0.1) is 5.92 Å². The molecule has 4 aromatic rings. The number of carbonyl (C=O) groups excluding carboxylic acids is 1. The summed E-state index contributed by atoms with van der Waals surface area (Å²) in [6, 6.07) is 6.27. The second-order valence-corrected chi connectivity index (χ2v) is 8.87. The summed E-state index contributed by atoms with van der Waals surface area (Å²) in [6.07, 6.45) is 3.18. The molecule has 0 aliphatic rings. The lowest BCUT2D eigenvalue weighted by molar-refractivity contribution is 0.0931. The summed E-state index contributed by atoms with van der Waals surface area (Å²) >= 11 is 0. The van der Waals surface area contributed by atoms with E-state index < -0.39 is 6.43 Å². The molecule has 0 bridgehead atoms. The second kappa shape index (κ2) is 9.77. The van der Waals surface area contributed by atoms with Crippen molar-refractivity contribution in [2.75, 3.05) is 5.73 Å². The van der Waals surface area contributed by atoms with E-state index in [4.69, 9.17) is 5.73 Å². The van der Waals surface area contributed by atoms with Gasteiger partial charge in [-0.3, -0.25) is 14.5 Å². The molecule has 4 aromatic heterocycles. The molecule has 1 amide bonds. The van der Waals surface area contributed by atoms with E-state index in [0.29, 0.717) is 11.3 Å². The summed E-state index contributed by atoms with van der Waals surface area (Å²) < 4.78 is 29.1. The molecule has 4 rings (SSSR count). The zero-order valence-corrected chi connectivity index (χ0v) is 20.0. The third-order valence-electron chi connectivity index (χ3n) is 5.90. The average molecular weight is 483 g/mol. The lowest BCUT2D eigenvalue weighted by Crippen LogP contribution is -2.33. The van der Waals surface area contributed by atoms with Gasteiger partial charge in [-0.25, -0.2) is 13.3 Å². The van der Waals surface area contributed by atoms with Crippen LogP contribution in [-0.2, 0) is 0 Å². The number of carbonyl (C=O) groups is 1. The number of nitrogens with one attached hydrogen (secondary N) is 1. The minimum absolute atomic E-state index is 0.0123. The van der Waals surface area contributed by atoms with Crippen LogP contribution >= 0.6 is 0 Å². The Morgan fingerprint density at radius 2 is 1.91 bits per heavy atom. The number of aromatic nitrogens is 6. The van der Waals surface area contributed by atoms with Crippen LogP contribution in [0.25, 0.3) is 16.8 Å². The van der Waals surface area contributed by atoms with Crippen molar-refractivity contribution < 1.29 is 13.6 Å². The lowest BCUT2D eigenvalue weighted by atomic mass is 9.97. The van der Waals surface area contributed by atoms with Crippen LogP contribution in [0.1, 0.15) is 68.3 Å². The quantitative estimate of drug-likeness (QED) is 0.387. The molecule has 0 fully saturated rings. The first-order valence-corrected chi connectivity index (χ1v) is 11.4. The van der Waals surface area contributed by atoms with Crippen LogP contribution in [0.3, 0.4) is 0 Å². The number of pyridine rings is 2. The number of nitrogens with two attached hydrogens (primary N) is 1. The van der Waals surface area contributed by atoms with Gasteiger partial charge in [-0.15, -0.1) is 5.10 Å². The van der Waals surface area contributed by atoms with Crippen molar-refractivity contribution in [2.45, 2.75) is 52.6 Å². The number of alkyl halides is 2. The fourth-order valence-corrected chi connectivity index (χ4v) is 3.93. The van der Waals surface area contributed by atoms with Gasteiger partial charge in [0.05, 0.1) is 12.2 Å². The first-order chi connectivity index (χ1) is 16.7. The second-order valence-electron chi connectivity index (χ2n) is 8.87. The van der Waals surface area contributed by atoms with Gasteiger partial charge in [-0.1, -0.05) is 26.8 Å². The van der Waals surface area contributed by atoms with Crippen LogP contribution < -0.4 is 11.1 Å². The van der Waals surface area contributed by atoms with Gasteiger partial charge in [0.2, 0.25) is 5.95 Å². The van der Waals surface area contributed by atoms with Crippen LogP contribution in [-0.4, -0.2) is 41.3 Å². The van der Waals surface area contributed by atoms with E-state index in [1.165, 1.54) is 16.8 Å². The molecule has 0 radical (unpaired) electrons. The van der Waals surface area contributed by atoms with E-state index >= 15 is 0 Å². The molecule has 184 valence electrons. The van der Waals surface area contributed by atoms with Crippen molar-refractivity contribution >= 4 is 17.5 Å². The van der Waals surface area contributed by atoms with Gasteiger partial charge in [0.15, 0.2) is 5.65 Å². The van der Waals surface area contributed by atoms with Crippen LogP contribution in [0.15, 0.2) is 42.9 Å². The fraction of sp³-hybridized carbons (Fsp3) is 0.375. The van der Waals surface area contributed by atoms with E-state index in [9.17, 15) is 13.6 Å². The Balaban J connectivity index is 1.73. The number of rotatable bonds is 8. The number of nitrogen functional groups attached to an aromatic ring is 1. The predicted octanol–water partition coefficient (Wildman–Crippen LogP) is 4.28. The molecule has 0 saturated carbocycles. The molecular formula is C24H28F2N8O. The normalized spacial score (nSPS) is 13.5. The maximum absolute atomic E-state index is 13.0. The minimum Gasteiger partial charge on any atom is -0.366 e. The van der Waals surface area contributed by atoms with E-state index in [0.717, 1.165) is 23.1 Å². The Morgan fingerprint density at radius 3 is 2.54 bits per heavy atom. The van der Waals surface area contributed by atoms with Gasteiger partial charge in [0.25, 0.3) is 12.3 Å². The van der Waals surface area contributed by atoms with Crippen molar-refractivity contribution in [3.05, 3.63) is 59.8 Å². The minimum atomic E-state index is -2.62. The van der Waals surface area contributed by atoms with Crippen LogP contribution in [0.4, 0.5) is 14.7 Å². The predicted molar refractivity (Wildman–Crippen MR) is 128 cm³/mol. The summed E-state index contributed by atoms with van der Waals surface area (Å²) in [4.78, 5) is 21.1. The molecule has 4 heterocycles. The van der Waals surface area contributed by atoms with Crippen molar-refractivity contribution in [2.24, 2.45) is 5.92 Å². The highest BCUT2D eigenvalue weighted by atomic mass is 19.3. The summed E-state index contributed by atoms with van der Waals surface area (Å²) in [5.74, 6) is -0.110. The average Bonchev–Trinajstić information content (AvgIpc) is 3.44. The Morgan fingerprint density at radius 1 is 1.14 bits per heavy atom. The van der Waals surface area contributed by atoms with Gasteiger partial charge >= 0.3 is 0 Å². The molecule has 0 aliphatic heterocycles. The largest absolute Gasteiger partial charge is 0.366 e. The SMILES string of the molecule is CCC(C)NC(=O)c1cc(-c2cnn(C(c3ccc(C(F)F)nc3)C(C)C)c2)cc2nc(N)nn12. The molecule has 2 unspecified atom stereocenters. The number of halogens is 2. The van der Waals surface area contributed by atoms with Gasteiger partial charge in [0, 0.05) is 24.0 Å². The summed E-state index contributed by atoms with van der Waals surface area (Å²) in [6.45, 7) is 7.96. The zero-order chi connectivity index (χ0) is 25.3. The standard InChI is InChI=1S/C24H28F2N8O/c1-5-14(4)30-23(35)19-8-16(9-20-31-24(27)32-34(19)20)17-11-29-33(12-17)21(13(2)3)15-6-7-18(22(25)26)28-10-15/h6-14,21-22H,5H2,1-4H3,(H2,27,32)(H,30,35). The van der Waals surface area contributed by atoms with Gasteiger partial charge in [0.1, 0.15) is 11.4 Å². The smallest absolute Gasteiger partial charge is 0.280 e. The van der Waals surface area contributed by atoms with Crippen molar-refractivity contribution in [1.29, 1.82) is 0 Å². The van der Waals surface area contributed by atoms with Crippen LogP contribution in [0.2, 0.25) is 0 Å². The topological polar surface area (TPSA) is 116 Å². The maximum atomic E-state index is 13.0. The number of fused-ring (bicyclic) bond motifs is 1. The highest BCUT2D eigenvalue weighted by molar-refractivity contribution is 5.95. The van der Waals surface area contributed by atoms with E-state index in [1.807, 2.05) is 33.9 Å². The molecule has 0 aliphatic carbocycles. The third-order valence-corrected chi connectivity index (χ3v) is 5.90.